The average molecular weight is 409 g/mol. The number of halogens is 1. The lowest BCUT2D eigenvalue weighted by atomic mass is 10.2. The van der Waals surface area contributed by atoms with Crippen molar-refractivity contribution >= 4 is 5.69 Å². The Labute approximate surface area is 173 Å². The van der Waals surface area contributed by atoms with Crippen molar-refractivity contribution < 1.29 is 36.3 Å². The highest BCUT2D eigenvalue weighted by Gasteiger charge is 2.22. The molecule has 1 N–H and O–H groups in total. The summed E-state index contributed by atoms with van der Waals surface area (Å²) in [5.41, 5.74) is 1.18. The Hall–Kier alpha value is -2.31. The zero-order valence-corrected chi connectivity index (χ0v) is 17.5. The number of nitrogens with zero attached hydrogens (tertiary/aromatic N) is 1. The quantitative estimate of drug-likeness (QED) is 0.576. The Kier molecular flexibility index (Phi) is 8.54. The molecule has 7 heteroatoms. The number of hydrogen-bond acceptors (Lipinski definition) is 5. The number of para-hydroxylation sites is 3. The van der Waals surface area contributed by atoms with Gasteiger partial charge in [-0.3, -0.25) is 0 Å². The highest BCUT2D eigenvalue weighted by atomic mass is 35.5. The maximum Gasteiger partial charge on any atom is 0.203 e. The molecular weight excluding hydrogens is 380 g/mol. The molecule has 0 radical (unpaired) electrons. The van der Waals surface area contributed by atoms with Gasteiger partial charge in [0, 0.05) is 0 Å². The van der Waals surface area contributed by atoms with E-state index in [2.05, 4.69) is 17.0 Å². The number of rotatable bonds is 8. The molecule has 0 aromatic heterocycles. The third-order valence-electron chi connectivity index (χ3n) is 4.98. The van der Waals surface area contributed by atoms with Gasteiger partial charge in [-0.05, 0) is 24.3 Å². The van der Waals surface area contributed by atoms with Crippen molar-refractivity contribution in [3.8, 4) is 23.0 Å². The molecular formula is C21H29ClN2O4. The predicted octanol–water partition coefficient (Wildman–Crippen LogP) is -1.50. The number of hydrogen-bond donors (Lipinski definition) is 1. The van der Waals surface area contributed by atoms with Crippen LogP contribution in [0.3, 0.4) is 0 Å². The summed E-state index contributed by atoms with van der Waals surface area (Å²) in [5.74, 6) is 3.01. The molecule has 0 spiro atoms. The van der Waals surface area contributed by atoms with E-state index in [4.69, 9.17) is 18.9 Å². The van der Waals surface area contributed by atoms with E-state index in [-0.39, 0.29) is 12.4 Å². The number of methoxy groups -OCH3 is 3. The van der Waals surface area contributed by atoms with E-state index in [0.29, 0.717) is 23.9 Å². The summed E-state index contributed by atoms with van der Waals surface area (Å²) in [6.45, 7) is 5.73. The zero-order valence-electron chi connectivity index (χ0n) is 16.7. The zero-order chi connectivity index (χ0) is 19.1. The number of nitrogens with one attached hydrogen (secondary N) is 1. The summed E-state index contributed by atoms with van der Waals surface area (Å²) in [7, 11) is 5.01. The van der Waals surface area contributed by atoms with E-state index in [1.807, 2.05) is 30.3 Å². The van der Waals surface area contributed by atoms with Crippen LogP contribution in [0.2, 0.25) is 0 Å². The molecule has 1 fully saturated rings. The molecule has 6 nitrogen and oxygen atoms in total. The molecule has 28 heavy (non-hydrogen) atoms. The third-order valence-corrected chi connectivity index (χ3v) is 4.98. The van der Waals surface area contributed by atoms with Crippen LogP contribution in [-0.4, -0.2) is 60.7 Å². The molecule has 1 aliphatic rings. The first-order chi connectivity index (χ1) is 13.3. The summed E-state index contributed by atoms with van der Waals surface area (Å²) < 4.78 is 22.3. The number of quaternary nitrogens is 1. The molecule has 0 aliphatic carbocycles. The average Bonchev–Trinajstić information content (AvgIpc) is 2.74. The standard InChI is InChI=1S/C21H28N2O4.ClH/c1-24-18-8-5-4-7-17(18)23-13-11-22(12-14-23)15-16-27-21-19(25-2)9-6-10-20(21)26-3;/h4-10H,11-16H2,1-3H3;1H. The molecule has 3 rings (SSSR count). The lowest BCUT2D eigenvalue weighted by molar-refractivity contribution is -0.900. The molecule has 0 saturated carbocycles. The lowest BCUT2D eigenvalue weighted by Gasteiger charge is -2.34. The number of anilines is 1. The largest absolute Gasteiger partial charge is 1.00 e. The van der Waals surface area contributed by atoms with E-state index < -0.39 is 0 Å². The van der Waals surface area contributed by atoms with Gasteiger partial charge in [0.05, 0.1) is 53.2 Å². The molecule has 0 unspecified atom stereocenters. The molecule has 1 heterocycles. The van der Waals surface area contributed by atoms with Gasteiger partial charge >= 0.3 is 0 Å². The van der Waals surface area contributed by atoms with E-state index in [9.17, 15) is 0 Å². The summed E-state index contributed by atoms with van der Waals surface area (Å²) >= 11 is 0. The van der Waals surface area contributed by atoms with Gasteiger partial charge in [0.2, 0.25) is 5.75 Å². The predicted molar refractivity (Wildman–Crippen MR) is 106 cm³/mol. The first kappa shape index (κ1) is 22.0. The van der Waals surface area contributed by atoms with E-state index in [1.165, 1.54) is 10.6 Å². The Morgan fingerprint density at radius 3 is 2.00 bits per heavy atom. The fourth-order valence-corrected chi connectivity index (χ4v) is 3.46. The van der Waals surface area contributed by atoms with Gasteiger partial charge in [-0.15, -0.1) is 0 Å². The van der Waals surface area contributed by atoms with Crippen LogP contribution in [0.4, 0.5) is 5.69 Å². The maximum absolute atomic E-state index is 6.00. The Morgan fingerprint density at radius 1 is 0.821 bits per heavy atom. The number of ether oxygens (including phenoxy) is 4. The summed E-state index contributed by atoms with van der Waals surface area (Å²) in [6.07, 6.45) is 0. The van der Waals surface area contributed by atoms with Crippen LogP contribution < -0.4 is 41.2 Å². The van der Waals surface area contributed by atoms with Gasteiger partial charge in [0.1, 0.15) is 18.9 Å². The van der Waals surface area contributed by atoms with Crippen LogP contribution in [0.25, 0.3) is 0 Å². The van der Waals surface area contributed by atoms with Crippen molar-refractivity contribution in [3.05, 3.63) is 42.5 Å². The Bertz CT molecular complexity index is 714. The Morgan fingerprint density at radius 2 is 1.39 bits per heavy atom. The third kappa shape index (κ3) is 5.14. The molecule has 2 aromatic carbocycles. The minimum atomic E-state index is 0. The second-order valence-electron chi connectivity index (χ2n) is 6.50. The molecule has 0 bridgehead atoms. The van der Waals surface area contributed by atoms with Gasteiger partial charge < -0.3 is 41.2 Å². The Balaban J connectivity index is 0.00000280. The summed E-state index contributed by atoms with van der Waals surface area (Å²) in [5, 5.41) is 0. The van der Waals surface area contributed by atoms with E-state index >= 15 is 0 Å². The van der Waals surface area contributed by atoms with Gasteiger partial charge in [0.15, 0.2) is 11.5 Å². The highest BCUT2D eigenvalue weighted by molar-refractivity contribution is 5.58. The van der Waals surface area contributed by atoms with Crippen molar-refractivity contribution in [2.24, 2.45) is 0 Å². The van der Waals surface area contributed by atoms with Crippen LogP contribution >= 0.6 is 0 Å². The van der Waals surface area contributed by atoms with Crippen LogP contribution in [-0.2, 0) is 0 Å². The molecule has 2 aromatic rings. The smallest absolute Gasteiger partial charge is 0.203 e. The fourth-order valence-electron chi connectivity index (χ4n) is 3.46. The monoisotopic (exact) mass is 408 g/mol. The second-order valence-corrected chi connectivity index (χ2v) is 6.50. The highest BCUT2D eigenvalue weighted by Crippen LogP contribution is 2.36. The molecule has 1 aliphatic heterocycles. The molecule has 0 atom stereocenters. The molecule has 1 saturated heterocycles. The minimum Gasteiger partial charge on any atom is -1.00 e. The van der Waals surface area contributed by atoms with E-state index in [0.717, 1.165) is 38.5 Å². The first-order valence-electron chi connectivity index (χ1n) is 9.32. The topological polar surface area (TPSA) is 44.6 Å². The minimum absolute atomic E-state index is 0. The van der Waals surface area contributed by atoms with Crippen LogP contribution in [0.1, 0.15) is 0 Å². The molecule has 154 valence electrons. The summed E-state index contributed by atoms with van der Waals surface area (Å²) in [4.78, 5) is 3.93. The molecule has 0 amide bonds. The van der Waals surface area contributed by atoms with Crippen LogP contribution in [0.15, 0.2) is 42.5 Å². The summed E-state index contributed by atoms with van der Waals surface area (Å²) in [6, 6.07) is 13.9. The van der Waals surface area contributed by atoms with Gasteiger partial charge in [0.25, 0.3) is 0 Å². The SMILES string of the molecule is COc1ccccc1N1CC[NH+](CCOc2c(OC)cccc2OC)CC1.[Cl-]. The van der Waals surface area contributed by atoms with E-state index in [1.54, 1.807) is 21.3 Å². The van der Waals surface area contributed by atoms with Gasteiger partial charge in [-0.25, -0.2) is 0 Å². The fraction of sp³-hybridized carbons (Fsp3) is 0.429. The van der Waals surface area contributed by atoms with Crippen LogP contribution in [0, 0.1) is 0 Å². The van der Waals surface area contributed by atoms with Crippen molar-refractivity contribution in [1.29, 1.82) is 0 Å². The van der Waals surface area contributed by atoms with Crippen molar-refractivity contribution in [2.45, 2.75) is 0 Å². The number of benzene rings is 2. The van der Waals surface area contributed by atoms with Crippen molar-refractivity contribution in [2.75, 3.05) is 65.6 Å². The number of piperazine rings is 1. The van der Waals surface area contributed by atoms with Crippen LogP contribution in [0.5, 0.6) is 23.0 Å². The van der Waals surface area contributed by atoms with Gasteiger partial charge in [-0.2, -0.15) is 0 Å². The van der Waals surface area contributed by atoms with Crippen molar-refractivity contribution in [3.63, 3.8) is 0 Å². The van der Waals surface area contributed by atoms with Crippen molar-refractivity contribution in [1.82, 2.24) is 0 Å². The van der Waals surface area contributed by atoms with Gasteiger partial charge in [-0.1, -0.05) is 18.2 Å². The first-order valence-corrected chi connectivity index (χ1v) is 9.32. The lowest BCUT2D eigenvalue weighted by Crippen LogP contribution is -3.15. The normalized spacial score (nSPS) is 14.2. The second kappa shape index (κ2) is 10.9. The maximum atomic E-state index is 6.00.